The van der Waals surface area contributed by atoms with Crippen molar-refractivity contribution >= 4 is 10.0 Å². The number of hydrogen-bond donors (Lipinski definition) is 1. The van der Waals surface area contributed by atoms with E-state index in [2.05, 4.69) is 19.2 Å². The van der Waals surface area contributed by atoms with Gasteiger partial charge >= 0.3 is 0 Å². The zero-order valence-corrected chi connectivity index (χ0v) is 13.0. The lowest BCUT2D eigenvalue weighted by atomic mass is 10.0. The zero-order chi connectivity index (χ0) is 13.8. The van der Waals surface area contributed by atoms with E-state index >= 15 is 0 Å². The van der Waals surface area contributed by atoms with E-state index in [1.807, 2.05) is 13.8 Å². The van der Waals surface area contributed by atoms with E-state index < -0.39 is 10.0 Å². The highest BCUT2D eigenvalue weighted by Crippen LogP contribution is 2.26. The third-order valence-electron chi connectivity index (χ3n) is 3.57. The van der Waals surface area contributed by atoms with Gasteiger partial charge in [0.25, 0.3) is 0 Å². The van der Waals surface area contributed by atoms with Crippen LogP contribution in [0.2, 0.25) is 0 Å². The smallest absolute Gasteiger partial charge is 0.214 e. The molecule has 0 unspecified atom stereocenters. The van der Waals surface area contributed by atoms with Crippen molar-refractivity contribution in [2.45, 2.75) is 71.5 Å². The zero-order valence-electron chi connectivity index (χ0n) is 12.1. The topological polar surface area (TPSA) is 49.4 Å². The molecule has 0 bridgehead atoms. The highest BCUT2D eigenvalue weighted by molar-refractivity contribution is 7.89. The number of hydrogen-bond acceptors (Lipinski definition) is 3. The summed E-state index contributed by atoms with van der Waals surface area (Å²) in [6.45, 7) is 8.97. The predicted octanol–water partition coefficient (Wildman–Crippen LogP) is 1.97. The molecule has 0 radical (unpaired) electrons. The van der Waals surface area contributed by atoms with Crippen molar-refractivity contribution in [1.29, 1.82) is 0 Å². The standard InChI is InChI=1S/C13H28N2O2S/c1-11(2)14-9-6-10-18(16,17)15-12(3)7-5-8-13(15)4/h11-14H,5-10H2,1-4H3/t12-,13+. The summed E-state index contributed by atoms with van der Waals surface area (Å²) in [6, 6.07) is 0.745. The Kier molecular flexibility index (Phi) is 6.08. The summed E-state index contributed by atoms with van der Waals surface area (Å²) < 4.78 is 26.4. The molecule has 18 heavy (non-hydrogen) atoms. The van der Waals surface area contributed by atoms with Crippen LogP contribution in [0.25, 0.3) is 0 Å². The van der Waals surface area contributed by atoms with E-state index in [1.54, 1.807) is 4.31 Å². The van der Waals surface area contributed by atoms with Crippen LogP contribution in [-0.4, -0.2) is 43.1 Å². The number of nitrogens with one attached hydrogen (secondary N) is 1. The maximum Gasteiger partial charge on any atom is 0.214 e. The summed E-state index contributed by atoms with van der Waals surface area (Å²) >= 11 is 0. The molecule has 1 fully saturated rings. The van der Waals surface area contributed by atoms with Crippen molar-refractivity contribution in [1.82, 2.24) is 9.62 Å². The molecule has 0 aromatic rings. The Morgan fingerprint density at radius 2 is 1.78 bits per heavy atom. The minimum absolute atomic E-state index is 0.164. The van der Waals surface area contributed by atoms with E-state index in [9.17, 15) is 8.42 Å². The van der Waals surface area contributed by atoms with Gasteiger partial charge in [-0.2, -0.15) is 4.31 Å². The molecule has 4 nitrogen and oxygen atoms in total. The van der Waals surface area contributed by atoms with Crippen molar-refractivity contribution in [3.8, 4) is 0 Å². The highest BCUT2D eigenvalue weighted by Gasteiger charge is 2.33. The molecule has 108 valence electrons. The fourth-order valence-corrected chi connectivity index (χ4v) is 4.72. The molecule has 0 aromatic carbocycles. The van der Waals surface area contributed by atoms with Crippen molar-refractivity contribution < 1.29 is 8.42 Å². The first-order chi connectivity index (χ1) is 8.34. The Morgan fingerprint density at radius 3 is 2.28 bits per heavy atom. The van der Waals surface area contributed by atoms with Crippen LogP contribution in [0.15, 0.2) is 0 Å². The van der Waals surface area contributed by atoms with Gasteiger partial charge in [-0.1, -0.05) is 20.3 Å². The lowest BCUT2D eigenvalue weighted by Crippen LogP contribution is -2.48. The second kappa shape index (κ2) is 6.87. The summed E-state index contributed by atoms with van der Waals surface area (Å²) in [4.78, 5) is 0. The van der Waals surface area contributed by atoms with Gasteiger partial charge in [-0.05, 0) is 39.7 Å². The molecule has 5 heteroatoms. The molecule has 0 aromatic heterocycles. The Morgan fingerprint density at radius 1 is 1.22 bits per heavy atom. The van der Waals surface area contributed by atoms with Gasteiger partial charge in [-0.25, -0.2) is 8.42 Å². The fourth-order valence-electron chi connectivity index (χ4n) is 2.70. The van der Waals surface area contributed by atoms with Gasteiger partial charge in [0.05, 0.1) is 5.75 Å². The van der Waals surface area contributed by atoms with Gasteiger partial charge in [0, 0.05) is 18.1 Å². The number of piperidine rings is 1. The molecule has 1 N–H and O–H groups in total. The van der Waals surface area contributed by atoms with Gasteiger partial charge in [0.1, 0.15) is 0 Å². The monoisotopic (exact) mass is 276 g/mol. The van der Waals surface area contributed by atoms with Crippen molar-refractivity contribution in [3.05, 3.63) is 0 Å². The van der Waals surface area contributed by atoms with Crippen LogP contribution >= 0.6 is 0 Å². The van der Waals surface area contributed by atoms with Gasteiger partial charge in [0.15, 0.2) is 0 Å². The Balaban J connectivity index is 2.51. The molecule has 0 saturated carbocycles. The first-order valence-corrected chi connectivity index (χ1v) is 8.70. The molecule has 0 spiro atoms. The van der Waals surface area contributed by atoms with E-state index in [0.29, 0.717) is 12.5 Å². The van der Waals surface area contributed by atoms with Crippen molar-refractivity contribution in [3.63, 3.8) is 0 Å². The summed E-state index contributed by atoms with van der Waals surface area (Å²) in [5, 5.41) is 3.26. The maximum absolute atomic E-state index is 12.3. The minimum Gasteiger partial charge on any atom is -0.314 e. The Bertz CT molecular complexity index is 331. The lowest BCUT2D eigenvalue weighted by molar-refractivity contribution is 0.204. The van der Waals surface area contributed by atoms with Gasteiger partial charge in [0.2, 0.25) is 10.0 Å². The SMILES string of the molecule is CC(C)NCCCS(=O)(=O)N1[C@H](C)CCC[C@@H]1C. The molecule has 1 aliphatic heterocycles. The third kappa shape index (κ3) is 4.52. The number of rotatable bonds is 6. The molecular weight excluding hydrogens is 248 g/mol. The summed E-state index contributed by atoms with van der Waals surface area (Å²) in [5.41, 5.74) is 0. The molecule has 1 saturated heterocycles. The summed E-state index contributed by atoms with van der Waals surface area (Å²) in [5.74, 6) is 0.265. The first-order valence-electron chi connectivity index (χ1n) is 7.09. The molecule has 0 amide bonds. The maximum atomic E-state index is 12.3. The summed E-state index contributed by atoms with van der Waals surface area (Å²) in [6.07, 6.45) is 3.82. The van der Waals surface area contributed by atoms with Gasteiger partial charge < -0.3 is 5.32 Å². The fraction of sp³-hybridized carbons (Fsp3) is 1.00. The van der Waals surface area contributed by atoms with Crippen LogP contribution in [0.3, 0.4) is 0 Å². The van der Waals surface area contributed by atoms with Crippen LogP contribution < -0.4 is 5.32 Å². The summed E-state index contributed by atoms with van der Waals surface area (Å²) in [7, 11) is -3.09. The molecule has 1 heterocycles. The van der Waals surface area contributed by atoms with Crippen LogP contribution in [0.1, 0.15) is 53.4 Å². The van der Waals surface area contributed by atoms with E-state index in [-0.39, 0.29) is 17.8 Å². The van der Waals surface area contributed by atoms with Crippen LogP contribution in [0, 0.1) is 0 Å². The predicted molar refractivity (Wildman–Crippen MR) is 76.2 cm³/mol. The Labute approximate surface area is 112 Å². The van der Waals surface area contributed by atoms with Crippen LogP contribution in [0.5, 0.6) is 0 Å². The Hall–Kier alpha value is -0.130. The average molecular weight is 276 g/mol. The van der Waals surface area contributed by atoms with E-state index in [4.69, 9.17) is 0 Å². The van der Waals surface area contributed by atoms with Crippen LogP contribution in [0.4, 0.5) is 0 Å². The lowest BCUT2D eigenvalue weighted by Gasteiger charge is -2.37. The quantitative estimate of drug-likeness (QED) is 0.755. The molecule has 1 aliphatic rings. The second-order valence-electron chi connectivity index (χ2n) is 5.74. The normalized spacial score (nSPS) is 26.7. The van der Waals surface area contributed by atoms with Gasteiger partial charge in [-0.15, -0.1) is 0 Å². The number of sulfonamides is 1. The third-order valence-corrected chi connectivity index (χ3v) is 5.73. The van der Waals surface area contributed by atoms with E-state index in [1.165, 1.54) is 0 Å². The minimum atomic E-state index is -3.09. The molecule has 0 aliphatic carbocycles. The van der Waals surface area contributed by atoms with E-state index in [0.717, 1.165) is 25.8 Å². The van der Waals surface area contributed by atoms with Gasteiger partial charge in [-0.3, -0.25) is 0 Å². The largest absolute Gasteiger partial charge is 0.314 e. The highest BCUT2D eigenvalue weighted by atomic mass is 32.2. The molecule has 2 atom stereocenters. The average Bonchev–Trinajstić information content (AvgIpc) is 2.23. The number of nitrogens with zero attached hydrogens (tertiary/aromatic N) is 1. The van der Waals surface area contributed by atoms with Crippen molar-refractivity contribution in [2.75, 3.05) is 12.3 Å². The van der Waals surface area contributed by atoms with Crippen LogP contribution in [-0.2, 0) is 10.0 Å². The second-order valence-corrected chi connectivity index (χ2v) is 7.73. The first kappa shape index (κ1) is 15.9. The van der Waals surface area contributed by atoms with Crippen molar-refractivity contribution in [2.24, 2.45) is 0 Å². The molecule has 1 rings (SSSR count). The molecular formula is C13H28N2O2S.